The van der Waals surface area contributed by atoms with Gasteiger partial charge in [0, 0.05) is 35.1 Å². The Morgan fingerprint density at radius 3 is 2.42 bits per heavy atom. The first-order chi connectivity index (χ1) is 14.7. The number of allylic oxidation sites excluding steroid dienone is 2. The van der Waals surface area contributed by atoms with Gasteiger partial charge < -0.3 is 4.74 Å². The Morgan fingerprint density at radius 2 is 1.77 bits per heavy atom. The van der Waals surface area contributed by atoms with E-state index >= 15 is 0 Å². The van der Waals surface area contributed by atoms with E-state index in [4.69, 9.17) is 27.9 Å². The van der Waals surface area contributed by atoms with Gasteiger partial charge in [0.05, 0.1) is 17.3 Å². The minimum Gasteiger partial charge on any atom is -0.494 e. The molecular formula is C25H25Cl2NO3. The average molecular weight is 458 g/mol. The highest BCUT2D eigenvalue weighted by molar-refractivity contribution is 6.37. The Labute approximate surface area is 192 Å². The summed E-state index contributed by atoms with van der Waals surface area (Å²) in [6, 6.07) is 12.8. The molecule has 0 radical (unpaired) electrons. The lowest BCUT2D eigenvalue weighted by molar-refractivity contribution is -0.121. The van der Waals surface area contributed by atoms with E-state index in [0.29, 0.717) is 40.8 Å². The molecule has 1 heterocycles. The highest BCUT2D eigenvalue weighted by atomic mass is 35.5. The largest absolute Gasteiger partial charge is 0.494 e. The fraction of sp³-hybridized carbons (Fsp3) is 0.360. The van der Waals surface area contributed by atoms with Gasteiger partial charge in [0.2, 0.25) is 5.91 Å². The van der Waals surface area contributed by atoms with E-state index < -0.39 is 0 Å². The predicted molar refractivity (Wildman–Crippen MR) is 124 cm³/mol. The maximum absolute atomic E-state index is 13.4. The quantitative estimate of drug-likeness (QED) is 0.522. The number of benzene rings is 2. The lowest BCUT2D eigenvalue weighted by atomic mass is 9.69. The summed E-state index contributed by atoms with van der Waals surface area (Å²) in [5, 5.41) is 0.891. The summed E-state index contributed by atoms with van der Waals surface area (Å²) in [5.41, 5.74) is 2.74. The van der Waals surface area contributed by atoms with Crippen LogP contribution in [0.4, 0.5) is 5.69 Å². The fourth-order valence-corrected chi connectivity index (χ4v) is 5.10. The molecule has 4 nitrogen and oxygen atoms in total. The number of ether oxygens (including phenoxy) is 1. The van der Waals surface area contributed by atoms with E-state index in [1.54, 1.807) is 23.1 Å². The van der Waals surface area contributed by atoms with Crippen molar-refractivity contribution in [2.24, 2.45) is 5.41 Å². The SMILES string of the molecule is CCOc1ccc(C2CC(=O)N(c3ccc(Cl)cc3Cl)C3=C2C(=O)CC(C)(C)C3)cc1. The van der Waals surface area contributed by atoms with Crippen LogP contribution in [0.15, 0.2) is 53.7 Å². The molecule has 0 N–H and O–H groups in total. The van der Waals surface area contributed by atoms with Crippen LogP contribution in [0.25, 0.3) is 0 Å². The minimum atomic E-state index is -0.274. The number of rotatable bonds is 4. The molecule has 162 valence electrons. The first-order valence-corrected chi connectivity index (χ1v) is 11.2. The van der Waals surface area contributed by atoms with Crippen LogP contribution in [0.2, 0.25) is 10.0 Å². The zero-order valence-electron chi connectivity index (χ0n) is 17.9. The van der Waals surface area contributed by atoms with E-state index in [-0.39, 0.29) is 29.4 Å². The van der Waals surface area contributed by atoms with Crippen LogP contribution < -0.4 is 9.64 Å². The molecule has 1 unspecified atom stereocenters. The van der Waals surface area contributed by atoms with E-state index in [2.05, 4.69) is 13.8 Å². The van der Waals surface area contributed by atoms with Gasteiger partial charge in [-0.05, 0) is 54.7 Å². The van der Waals surface area contributed by atoms with Crippen molar-refractivity contribution in [2.75, 3.05) is 11.5 Å². The van der Waals surface area contributed by atoms with Crippen molar-refractivity contribution in [3.63, 3.8) is 0 Å². The molecule has 2 aliphatic rings. The Hall–Kier alpha value is -2.30. The molecule has 2 aromatic rings. The van der Waals surface area contributed by atoms with E-state index in [1.807, 2.05) is 31.2 Å². The third-order valence-corrected chi connectivity index (χ3v) is 6.42. The third-order valence-electron chi connectivity index (χ3n) is 5.89. The number of anilines is 1. The van der Waals surface area contributed by atoms with Crippen LogP contribution in [0, 0.1) is 5.41 Å². The maximum Gasteiger partial charge on any atom is 0.232 e. The van der Waals surface area contributed by atoms with Gasteiger partial charge in [-0.15, -0.1) is 0 Å². The first-order valence-electron chi connectivity index (χ1n) is 10.5. The molecule has 1 amide bonds. The Morgan fingerprint density at radius 1 is 1.06 bits per heavy atom. The van der Waals surface area contributed by atoms with Crippen molar-refractivity contribution >= 4 is 40.6 Å². The standard InChI is InChI=1S/C25H25Cl2NO3/c1-4-31-17-8-5-15(6-9-17)18-12-23(30)28(20-10-7-16(26)11-19(20)27)21-13-25(2,3)14-22(29)24(18)21/h5-11,18H,4,12-14H2,1-3H3. The van der Waals surface area contributed by atoms with Crippen molar-refractivity contribution in [3.8, 4) is 5.75 Å². The first kappa shape index (κ1) is 21.9. The molecule has 0 saturated heterocycles. The monoisotopic (exact) mass is 457 g/mol. The van der Waals surface area contributed by atoms with Crippen LogP contribution in [0.5, 0.6) is 5.75 Å². The number of carbonyl (C=O) groups is 2. The van der Waals surface area contributed by atoms with Crippen LogP contribution in [-0.4, -0.2) is 18.3 Å². The molecule has 31 heavy (non-hydrogen) atoms. The molecule has 6 heteroatoms. The van der Waals surface area contributed by atoms with Crippen molar-refractivity contribution in [1.82, 2.24) is 0 Å². The highest BCUT2D eigenvalue weighted by Crippen LogP contribution is 2.49. The summed E-state index contributed by atoms with van der Waals surface area (Å²) < 4.78 is 5.54. The molecule has 0 bridgehead atoms. The molecule has 0 saturated carbocycles. The van der Waals surface area contributed by atoms with E-state index in [9.17, 15) is 9.59 Å². The number of nitrogens with zero attached hydrogens (tertiary/aromatic N) is 1. The number of halogens is 2. The van der Waals surface area contributed by atoms with Crippen molar-refractivity contribution < 1.29 is 14.3 Å². The van der Waals surface area contributed by atoms with Gasteiger partial charge in [-0.1, -0.05) is 49.2 Å². The summed E-state index contributed by atoms with van der Waals surface area (Å²) in [5.74, 6) is 0.512. The summed E-state index contributed by atoms with van der Waals surface area (Å²) in [6.45, 7) is 6.63. The van der Waals surface area contributed by atoms with E-state index in [1.165, 1.54) is 0 Å². The second-order valence-electron chi connectivity index (χ2n) is 8.88. The molecule has 0 spiro atoms. The normalized spacial score (nSPS) is 20.7. The second kappa shape index (κ2) is 8.33. The smallest absolute Gasteiger partial charge is 0.232 e. The fourth-order valence-electron chi connectivity index (χ4n) is 4.61. The minimum absolute atomic E-state index is 0.0765. The highest BCUT2D eigenvalue weighted by Gasteiger charge is 2.44. The number of hydrogen-bond acceptors (Lipinski definition) is 3. The van der Waals surface area contributed by atoms with Crippen LogP contribution in [-0.2, 0) is 9.59 Å². The lowest BCUT2D eigenvalue weighted by Gasteiger charge is -2.43. The molecule has 2 aromatic carbocycles. The molecule has 4 rings (SSSR count). The zero-order valence-corrected chi connectivity index (χ0v) is 19.4. The van der Waals surface area contributed by atoms with Crippen molar-refractivity contribution in [3.05, 3.63) is 69.3 Å². The van der Waals surface area contributed by atoms with Gasteiger partial charge in [0.1, 0.15) is 5.75 Å². The molecule has 0 aromatic heterocycles. The van der Waals surface area contributed by atoms with Crippen molar-refractivity contribution in [2.45, 2.75) is 46.0 Å². The van der Waals surface area contributed by atoms with Gasteiger partial charge in [0.25, 0.3) is 0 Å². The number of Topliss-reactive ketones (excluding diaryl/α,β-unsaturated/α-hetero) is 1. The van der Waals surface area contributed by atoms with Gasteiger partial charge in [-0.3, -0.25) is 14.5 Å². The van der Waals surface area contributed by atoms with Gasteiger partial charge in [-0.2, -0.15) is 0 Å². The molecule has 1 aliphatic heterocycles. The number of carbonyl (C=O) groups excluding carboxylic acids is 2. The topological polar surface area (TPSA) is 46.6 Å². The summed E-state index contributed by atoms with van der Waals surface area (Å²) in [4.78, 5) is 28.4. The summed E-state index contributed by atoms with van der Waals surface area (Å²) in [7, 11) is 0. The lowest BCUT2D eigenvalue weighted by Crippen LogP contribution is -2.43. The summed E-state index contributed by atoms with van der Waals surface area (Å²) in [6.07, 6.45) is 1.28. The Kier molecular flexibility index (Phi) is 5.89. The molecule has 0 fully saturated rings. The van der Waals surface area contributed by atoms with Crippen LogP contribution in [0.3, 0.4) is 0 Å². The molecule has 1 aliphatic carbocycles. The Bertz CT molecular complexity index is 1070. The number of ketones is 1. The summed E-state index contributed by atoms with van der Waals surface area (Å²) >= 11 is 12.5. The Balaban J connectivity index is 1.85. The number of hydrogen-bond donors (Lipinski definition) is 0. The zero-order chi connectivity index (χ0) is 22.3. The van der Waals surface area contributed by atoms with Gasteiger partial charge in [-0.25, -0.2) is 0 Å². The van der Waals surface area contributed by atoms with Crippen LogP contribution >= 0.6 is 23.2 Å². The van der Waals surface area contributed by atoms with E-state index in [0.717, 1.165) is 17.0 Å². The third kappa shape index (κ3) is 4.24. The van der Waals surface area contributed by atoms with Gasteiger partial charge >= 0.3 is 0 Å². The second-order valence-corrected chi connectivity index (χ2v) is 9.73. The van der Waals surface area contributed by atoms with Crippen molar-refractivity contribution in [1.29, 1.82) is 0 Å². The molecule has 1 atom stereocenters. The van der Waals surface area contributed by atoms with Gasteiger partial charge in [0.15, 0.2) is 5.78 Å². The predicted octanol–water partition coefficient (Wildman–Crippen LogP) is 6.56. The van der Waals surface area contributed by atoms with Crippen LogP contribution in [0.1, 0.15) is 51.5 Å². The molecular weight excluding hydrogens is 433 g/mol. The maximum atomic E-state index is 13.4. The average Bonchev–Trinajstić information content (AvgIpc) is 2.68. The number of amides is 1.